The smallest absolute Gasteiger partial charge is 0.225 e. The fourth-order valence-electron chi connectivity index (χ4n) is 4.36. The molecule has 1 aromatic carbocycles. The summed E-state index contributed by atoms with van der Waals surface area (Å²) in [7, 11) is -1.60. The number of rotatable bonds is 5. The van der Waals surface area contributed by atoms with Crippen LogP contribution in [0.4, 0.5) is 0 Å². The summed E-state index contributed by atoms with van der Waals surface area (Å²) in [5, 5.41) is 10.2. The molecule has 0 radical (unpaired) electrons. The molecule has 0 spiro atoms. The van der Waals surface area contributed by atoms with Crippen LogP contribution in [0.3, 0.4) is 0 Å². The van der Waals surface area contributed by atoms with Crippen molar-refractivity contribution in [2.45, 2.75) is 63.3 Å². The molecule has 1 saturated heterocycles. The first kappa shape index (κ1) is 21.3. The Morgan fingerprint density at radius 1 is 1.11 bits per heavy atom. The molecule has 1 saturated carbocycles. The Bertz CT molecular complexity index is 770. The van der Waals surface area contributed by atoms with Crippen LogP contribution in [0.5, 0.6) is 0 Å². The maximum Gasteiger partial charge on any atom is 0.225 e. The Hall–Kier alpha value is -1.44. The normalized spacial score (nSPS) is 24.8. The molecule has 0 bridgehead atoms. The molecule has 3 rings (SSSR count). The average molecular weight is 409 g/mol. The summed E-state index contributed by atoms with van der Waals surface area (Å²) in [6.07, 6.45) is 4.27. The Labute approximate surface area is 168 Å². The van der Waals surface area contributed by atoms with E-state index in [1.54, 1.807) is 11.9 Å². The Morgan fingerprint density at radius 3 is 2.32 bits per heavy atom. The molecule has 1 aliphatic carbocycles. The van der Waals surface area contributed by atoms with Crippen LogP contribution in [0.15, 0.2) is 24.3 Å². The standard InChI is InChI=1S/C21H32N2O4S/c1-16-7-9-17(10-8-16)15-28(26,27)23-13-11-18(12-14-23)21(25)22(2)19-5-3-4-6-20(19)24/h7-10,18-20,24H,3-6,11-15H2,1-2H3/t19-,20+/m0/s1. The highest BCUT2D eigenvalue weighted by atomic mass is 32.2. The first-order valence-electron chi connectivity index (χ1n) is 10.3. The highest BCUT2D eigenvalue weighted by Gasteiger charge is 2.36. The fraction of sp³-hybridized carbons (Fsp3) is 0.667. The van der Waals surface area contributed by atoms with Crippen molar-refractivity contribution >= 4 is 15.9 Å². The van der Waals surface area contributed by atoms with Crippen molar-refractivity contribution in [2.75, 3.05) is 20.1 Å². The Kier molecular flexibility index (Phi) is 6.78. The van der Waals surface area contributed by atoms with Crippen LogP contribution in [0.1, 0.15) is 49.7 Å². The van der Waals surface area contributed by atoms with Gasteiger partial charge < -0.3 is 10.0 Å². The van der Waals surface area contributed by atoms with Gasteiger partial charge in [-0.3, -0.25) is 4.79 Å². The van der Waals surface area contributed by atoms with E-state index >= 15 is 0 Å². The van der Waals surface area contributed by atoms with Gasteiger partial charge in [-0.15, -0.1) is 0 Å². The van der Waals surface area contributed by atoms with Crippen molar-refractivity contribution in [3.8, 4) is 0 Å². The van der Waals surface area contributed by atoms with E-state index in [1.165, 1.54) is 4.31 Å². The number of benzene rings is 1. The lowest BCUT2D eigenvalue weighted by Crippen LogP contribution is -2.50. The summed E-state index contributed by atoms with van der Waals surface area (Å²) in [5.41, 5.74) is 1.89. The van der Waals surface area contributed by atoms with Gasteiger partial charge in [-0.2, -0.15) is 0 Å². The zero-order valence-electron chi connectivity index (χ0n) is 16.9. The van der Waals surface area contributed by atoms with Crippen molar-refractivity contribution in [3.63, 3.8) is 0 Å². The predicted octanol–water partition coefficient (Wildman–Crippen LogP) is 2.30. The summed E-state index contributed by atoms with van der Waals surface area (Å²) in [5.74, 6) is -0.119. The third-order valence-electron chi connectivity index (χ3n) is 6.21. The monoisotopic (exact) mass is 408 g/mol. The zero-order chi connectivity index (χ0) is 20.3. The molecule has 6 nitrogen and oxygen atoms in total. The minimum absolute atomic E-state index is 0.0000618. The summed E-state index contributed by atoms with van der Waals surface area (Å²) >= 11 is 0. The van der Waals surface area contributed by atoms with Gasteiger partial charge in [-0.25, -0.2) is 12.7 Å². The van der Waals surface area contributed by atoms with Crippen molar-refractivity contribution in [1.29, 1.82) is 0 Å². The number of hydrogen-bond acceptors (Lipinski definition) is 4. The van der Waals surface area contributed by atoms with Crippen LogP contribution in [-0.2, 0) is 20.6 Å². The van der Waals surface area contributed by atoms with E-state index in [-0.39, 0.29) is 23.6 Å². The van der Waals surface area contributed by atoms with Crippen LogP contribution in [0, 0.1) is 12.8 Å². The van der Waals surface area contributed by atoms with E-state index < -0.39 is 16.1 Å². The molecule has 1 amide bonds. The minimum atomic E-state index is -3.38. The first-order valence-corrected chi connectivity index (χ1v) is 11.9. The summed E-state index contributed by atoms with van der Waals surface area (Å²) in [6.45, 7) is 2.74. The van der Waals surface area contributed by atoms with Gasteiger partial charge in [0.15, 0.2) is 0 Å². The number of sulfonamides is 1. The highest BCUT2D eigenvalue weighted by molar-refractivity contribution is 7.88. The Morgan fingerprint density at radius 2 is 1.71 bits per heavy atom. The number of nitrogens with zero attached hydrogens (tertiary/aromatic N) is 2. The highest BCUT2D eigenvalue weighted by Crippen LogP contribution is 2.27. The van der Waals surface area contributed by atoms with Crippen LogP contribution in [-0.4, -0.2) is 60.9 Å². The maximum atomic E-state index is 12.9. The zero-order valence-corrected chi connectivity index (χ0v) is 17.7. The number of hydrogen-bond donors (Lipinski definition) is 1. The second kappa shape index (κ2) is 8.93. The average Bonchev–Trinajstić information content (AvgIpc) is 2.69. The van der Waals surface area contributed by atoms with E-state index in [2.05, 4.69) is 0 Å². The van der Waals surface area contributed by atoms with Crippen LogP contribution >= 0.6 is 0 Å². The number of piperidine rings is 1. The van der Waals surface area contributed by atoms with E-state index in [9.17, 15) is 18.3 Å². The number of likely N-dealkylation sites (N-methyl/N-ethyl adjacent to an activating group) is 1. The molecule has 0 aromatic heterocycles. The number of carbonyl (C=O) groups is 1. The molecule has 2 atom stereocenters. The number of carbonyl (C=O) groups excluding carboxylic acids is 1. The second-order valence-corrected chi connectivity index (χ2v) is 10.3. The van der Waals surface area contributed by atoms with Gasteiger partial charge in [0.2, 0.25) is 15.9 Å². The van der Waals surface area contributed by atoms with Crippen LogP contribution in [0.25, 0.3) is 0 Å². The van der Waals surface area contributed by atoms with Gasteiger partial charge >= 0.3 is 0 Å². The predicted molar refractivity (Wildman–Crippen MR) is 109 cm³/mol. The van der Waals surface area contributed by atoms with Gasteiger partial charge in [0.05, 0.1) is 17.9 Å². The van der Waals surface area contributed by atoms with E-state index in [4.69, 9.17) is 0 Å². The molecule has 1 aliphatic heterocycles. The van der Waals surface area contributed by atoms with Gasteiger partial charge in [-0.05, 0) is 38.2 Å². The quantitative estimate of drug-likeness (QED) is 0.811. The molecular formula is C21H32N2O4S. The van der Waals surface area contributed by atoms with E-state index in [0.717, 1.165) is 36.8 Å². The minimum Gasteiger partial charge on any atom is -0.391 e. The lowest BCUT2D eigenvalue weighted by molar-refractivity contribution is -0.141. The van der Waals surface area contributed by atoms with E-state index in [0.29, 0.717) is 25.9 Å². The topological polar surface area (TPSA) is 77.9 Å². The molecule has 0 unspecified atom stereocenters. The molecule has 1 N–H and O–H groups in total. The SMILES string of the molecule is Cc1ccc(CS(=O)(=O)N2CCC(C(=O)N(C)[C@H]3CCCC[C@H]3O)CC2)cc1. The number of amides is 1. The molecule has 156 valence electrons. The first-order chi connectivity index (χ1) is 13.3. The van der Waals surface area contributed by atoms with Crippen molar-refractivity contribution < 1.29 is 18.3 Å². The van der Waals surface area contributed by atoms with Gasteiger partial charge in [-0.1, -0.05) is 42.7 Å². The van der Waals surface area contributed by atoms with Crippen molar-refractivity contribution in [3.05, 3.63) is 35.4 Å². The molecule has 1 heterocycles. The molecule has 1 aromatic rings. The van der Waals surface area contributed by atoms with Crippen molar-refractivity contribution in [1.82, 2.24) is 9.21 Å². The lowest BCUT2D eigenvalue weighted by Gasteiger charge is -2.38. The number of aryl methyl sites for hydroxylation is 1. The van der Waals surface area contributed by atoms with Gasteiger partial charge in [0.25, 0.3) is 0 Å². The van der Waals surface area contributed by atoms with Gasteiger partial charge in [0, 0.05) is 26.1 Å². The maximum absolute atomic E-state index is 12.9. The van der Waals surface area contributed by atoms with Crippen LogP contribution < -0.4 is 0 Å². The molecule has 2 aliphatic rings. The molecule has 2 fully saturated rings. The third-order valence-corrected chi connectivity index (χ3v) is 8.06. The summed E-state index contributed by atoms with van der Waals surface area (Å²) in [6, 6.07) is 7.45. The molecule has 7 heteroatoms. The lowest BCUT2D eigenvalue weighted by atomic mass is 9.89. The van der Waals surface area contributed by atoms with Gasteiger partial charge in [0.1, 0.15) is 0 Å². The fourth-order valence-corrected chi connectivity index (χ4v) is 5.93. The summed E-state index contributed by atoms with van der Waals surface area (Å²) < 4.78 is 27.0. The van der Waals surface area contributed by atoms with Crippen molar-refractivity contribution in [2.24, 2.45) is 5.92 Å². The third kappa shape index (κ3) is 4.93. The number of aliphatic hydroxyl groups excluding tert-OH is 1. The second-order valence-electron chi connectivity index (χ2n) is 8.28. The molecular weight excluding hydrogens is 376 g/mol. The number of aliphatic hydroxyl groups is 1. The Balaban J connectivity index is 1.55. The largest absolute Gasteiger partial charge is 0.391 e. The van der Waals surface area contributed by atoms with E-state index in [1.807, 2.05) is 31.2 Å². The summed E-state index contributed by atoms with van der Waals surface area (Å²) in [4.78, 5) is 14.6. The molecule has 28 heavy (non-hydrogen) atoms. The van der Waals surface area contributed by atoms with Crippen LogP contribution in [0.2, 0.25) is 0 Å².